The molecule has 1 aliphatic rings. The first kappa shape index (κ1) is 16.4. The average Bonchev–Trinajstić information content (AvgIpc) is 2.48. The molecular weight excluding hydrogens is 292 g/mol. The van der Waals surface area contributed by atoms with Crippen molar-refractivity contribution in [3.63, 3.8) is 0 Å². The Kier molecular flexibility index (Phi) is 4.63. The van der Waals surface area contributed by atoms with Crippen LogP contribution in [0.4, 0.5) is 0 Å². The van der Waals surface area contributed by atoms with E-state index in [9.17, 15) is 21.6 Å². The minimum Gasteiger partial charge on any atom is -0.349 e. The Morgan fingerprint density at radius 2 is 2.05 bits per heavy atom. The fourth-order valence-electron chi connectivity index (χ4n) is 1.97. The number of nitrogens with two attached hydrogens (primary N) is 1. The maximum absolute atomic E-state index is 11.8. The molecule has 0 aliphatic carbocycles. The zero-order valence-electron chi connectivity index (χ0n) is 11.0. The second-order valence-corrected chi connectivity index (χ2v) is 9.86. The number of sulfone groups is 2. The normalized spacial score (nSPS) is 27.9. The molecule has 0 aromatic rings. The topological polar surface area (TPSA) is 123 Å². The largest absolute Gasteiger partial charge is 0.349 e. The van der Waals surface area contributed by atoms with Crippen LogP contribution in [-0.2, 0) is 24.5 Å². The molecule has 112 valence electrons. The Hall–Kier alpha value is -0.670. The lowest BCUT2D eigenvalue weighted by Crippen LogP contribution is -2.53. The molecule has 2 atom stereocenters. The van der Waals surface area contributed by atoms with Gasteiger partial charge in [-0.3, -0.25) is 4.79 Å². The molecule has 1 amide bonds. The van der Waals surface area contributed by atoms with Crippen LogP contribution in [0.25, 0.3) is 0 Å². The van der Waals surface area contributed by atoms with E-state index in [1.54, 1.807) is 6.92 Å². The summed E-state index contributed by atoms with van der Waals surface area (Å²) in [6.45, 7) is 1.65. The molecule has 0 radical (unpaired) electrons. The van der Waals surface area contributed by atoms with Gasteiger partial charge in [0.1, 0.15) is 9.84 Å². The van der Waals surface area contributed by atoms with Crippen LogP contribution in [0.1, 0.15) is 19.8 Å². The van der Waals surface area contributed by atoms with Crippen LogP contribution in [0.15, 0.2) is 0 Å². The monoisotopic (exact) mass is 312 g/mol. The first-order valence-electron chi connectivity index (χ1n) is 5.88. The van der Waals surface area contributed by atoms with Gasteiger partial charge in [-0.15, -0.1) is 0 Å². The van der Waals surface area contributed by atoms with Crippen molar-refractivity contribution in [3.8, 4) is 0 Å². The van der Waals surface area contributed by atoms with Gasteiger partial charge in [0.25, 0.3) is 0 Å². The van der Waals surface area contributed by atoms with Crippen molar-refractivity contribution in [3.05, 3.63) is 0 Å². The van der Waals surface area contributed by atoms with Gasteiger partial charge in [0.05, 0.1) is 28.8 Å². The molecule has 3 N–H and O–H groups in total. The summed E-state index contributed by atoms with van der Waals surface area (Å²) in [5, 5.41) is 2.61. The van der Waals surface area contributed by atoms with Crippen molar-refractivity contribution in [2.45, 2.75) is 31.3 Å². The van der Waals surface area contributed by atoms with E-state index in [4.69, 9.17) is 5.73 Å². The first-order valence-corrected chi connectivity index (χ1v) is 9.76. The summed E-state index contributed by atoms with van der Waals surface area (Å²) in [5.41, 5.74) is 4.80. The second kappa shape index (κ2) is 5.37. The Balaban J connectivity index is 2.56. The highest BCUT2D eigenvalue weighted by atomic mass is 32.2. The third kappa shape index (κ3) is 5.45. The molecule has 1 rings (SSSR count). The van der Waals surface area contributed by atoms with Crippen LogP contribution in [0.2, 0.25) is 0 Å². The van der Waals surface area contributed by atoms with Crippen molar-refractivity contribution < 1.29 is 21.6 Å². The van der Waals surface area contributed by atoms with Crippen LogP contribution in [0.5, 0.6) is 0 Å². The molecular formula is C10H20N2O5S2. The SMILES string of the molecule is CC1(NC(=O)C(N)CCS(C)(=O)=O)CCS(=O)(=O)C1. The van der Waals surface area contributed by atoms with Gasteiger partial charge < -0.3 is 11.1 Å². The average molecular weight is 312 g/mol. The Morgan fingerprint density at radius 1 is 1.47 bits per heavy atom. The Morgan fingerprint density at radius 3 is 2.47 bits per heavy atom. The van der Waals surface area contributed by atoms with Crippen LogP contribution in [0.3, 0.4) is 0 Å². The first-order chi connectivity index (χ1) is 8.43. The maximum Gasteiger partial charge on any atom is 0.237 e. The van der Waals surface area contributed by atoms with E-state index in [-0.39, 0.29) is 23.7 Å². The quantitative estimate of drug-likeness (QED) is 0.633. The lowest BCUT2D eigenvalue weighted by Gasteiger charge is -2.25. The van der Waals surface area contributed by atoms with Gasteiger partial charge >= 0.3 is 0 Å². The summed E-state index contributed by atoms with van der Waals surface area (Å²) in [4.78, 5) is 11.8. The van der Waals surface area contributed by atoms with E-state index in [1.165, 1.54) is 0 Å². The highest BCUT2D eigenvalue weighted by Gasteiger charge is 2.40. The number of carbonyl (C=O) groups is 1. The molecule has 19 heavy (non-hydrogen) atoms. The van der Waals surface area contributed by atoms with Gasteiger partial charge in [0.2, 0.25) is 5.91 Å². The Bertz CT molecular complexity index is 554. The molecule has 1 saturated heterocycles. The lowest BCUT2D eigenvalue weighted by molar-refractivity contribution is -0.123. The van der Waals surface area contributed by atoms with Crippen molar-refractivity contribution >= 4 is 25.6 Å². The number of nitrogens with one attached hydrogen (secondary N) is 1. The number of amides is 1. The minimum atomic E-state index is -3.17. The van der Waals surface area contributed by atoms with Gasteiger partial charge in [-0.2, -0.15) is 0 Å². The van der Waals surface area contributed by atoms with Crippen LogP contribution in [-0.4, -0.2) is 57.8 Å². The van der Waals surface area contributed by atoms with Gasteiger partial charge in [-0.05, 0) is 19.8 Å². The van der Waals surface area contributed by atoms with E-state index in [0.717, 1.165) is 6.26 Å². The molecule has 0 saturated carbocycles. The molecule has 1 fully saturated rings. The third-order valence-electron chi connectivity index (χ3n) is 3.06. The second-order valence-electron chi connectivity index (χ2n) is 5.42. The molecule has 7 nitrogen and oxygen atoms in total. The molecule has 9 heteroatoms. The van der Waals surface area contributed by atoms with Crippen molar-refractivity contribution in [1.82, 2.24) is 5.32 Å². The molecule has 0 spiro atoms. The van der Waals surface area contributed by atoms with Gasteiger partial charge in [0, 0.05) is 6.26 Å². The predicted molar refractivity (Wildman–Crippen MR) is 72.1 cm³/mol. The maximum atomic E-state index is 11.8. The molecule has 0 bridgehead atoms. The van der Waals surface area contributed by atoms with Gasteiger partial charge in [-0.1, -0.05) is 0 Å². The molecule has 1 heterocycles. The summed E-state index contributed by atoms with van der Waals surface area (Å²) >= 11 is 0. The summed E-state index contributed by atoms with van der Waals surface area (Å²) in [6, 6.07) is -0.949. The fraction of sp³-hybridized carbons (Fsp3) is 0.900. The molecule has 0 aromatic carbocycles. The van der Waals surface area contributed by atoms with Crippen LogP contribution in [0, 0.1) is 0 Å². The smallest absolute Gasteiger partial charge is 0.237 e. The zero-order chi connectivity index (χ0) is 14.9. The third-order valence-corrected chi connectivity index (χ3v) is 5.95. The summed E-state index contributed by atoms with van der Waals surface area (Å²) in [7, 11) is -6.28. The predicted octanol–water partition coefficient (Wildman–Crippen LogP) is -1.56. The molecule has 2 unspecified atom stereocenters. The van der Waals surface area contributed by atoms with E-state index in [1.807, 2.05) is 0 Å². The Labute approximate surface area is 113 Å². The zero-order valence-corrected chi connectivity index (χ0v) is 12.7. The standard InChI is InChI=1S/C10H20N2O5S2/c1-10(4-6-19(16,17)7-10)12-9(13)8(11)3-5-18(2,14)15/h8H,3-7,11H2,1-2H3,(H,12,13). The van der Waals surface area contributed by atoms with Crippen molar-refractivity contribution in [2.75, 3.05) is 23.5 Å². The number of hydrogen-bond acceptors (Lipinski definition) is 6. The number of carbonyl (C=O) groups excluding carboxylic acids is 1. The van der Waals surface area contributed by atoms with Crippen LogP contribution < -0.4 is 11.1 Å². The highest BCUT2D eigenvalue weighted by Crippen LogP contribution is 2.22. The summed E-state index contributed by atoms with van der Waals surface area (Å²) in [5.74, 6) is -0.744. The van der Waals surface area contributed by atoms with E-state index in [0.29, 0.717) is 6.42 Å². The van der Waals surface area contributed by atoms with Gasteiger partial charge in [0.15, 0.2) is 9.84 Å². The number of hydrogen-bond donors (Lipinski definition) is 2. The van der Waals surface area contributed by atoms with E-state index >= 15 is 0 Å². The summed E-state index contributed by atoms with van der Waals surface area (Å²) < 4.78 is 44.8. The van der Waals surface area contributed by atoms with Crippen molar-refractivity contribution in [2.24, 2.45) is 5.73 Å². The van der Waals surface area contributed by atoms with Crippen LogP contribution >= 0.6 is 0 Å². The minimum absolute atomic E-state index is 0.0213. The molecule has 1 aliphatic heterocycles. The lowest BCUT2D eigenvalue weighted by atomic mass is 10.0. The summed E-state index contributed by atoms with van der Waals surface area (Å²) in [6.07, 6.45) is 1.44. The van der Waals surface area contributed by atoms with E-state index in [2.05, 4.69) is 5.32 Å². The van der Waals surface area contributed by atoms with Crippen molar-refractivity contribution in [1.29, 1.82) is 0 Å². The number of rotatable bonds is 5. The molecule has 0 aromatic heterocycles. The fourth-order valence-corrected chi connectivity index (χ4v) is 4.75. The highest BCUT2D eigenvalue weighted by molar-refractivity contribution is 7.91. The van der Waals surface area contributed by atoms with Gasteiger partial charge in [-0.25, -0.2) is 16.8 Å². The van der Waals surface area contributed by atoms with E-state index < -0.39 is 37.2 Å².